The SMILES string of the molecule is CNc1ccc(C(O)(C[C@H](C)N(Cc2ccccc2)C[C@H](O)COc2ccccc2)c2ccc(NC)cc2)cc1. The van der Waals surface area contributed by atoms with Gasteiger partial charge in [0.1, 0.15) is 24.1 Å². The summed E-state index contributed by atoms with van der Waals surface area (Å²) in [4.78, 5) is 2.23. The zero-order valence-corrected chi connectivity index (χ0v) is 23.6. The summed E-state index contributed by atoms with van der Waals surface area (Å²) in [5, 5.41) is 29.7. The van der Waals surface area contributed by atoms with Crippen molar-refractivity contribution in [3.8, 4) is 5.75 Å². The number of hydrogen-bond acceptors (Lipinski definition) is 6. The fraction of sp³-hybridized carbons (Fsp3) is 0.294. The maximum absolute atomic E-state index is 12.4. The van der Waals surface area contributed by atoms with E-state index >= 15 is 0 Å². The lowest BCUT2D eigenvalue weighted by molar-refractivity contribution is 0.0107. The van der Waals surface area contributed by atoms with Crippen molar-refractivity contribution in [1.29, 1.82) is 0 Å². The Hall–Kier alpha value is -3.84. The lowest BCUT2D eigenvalue weighted by atomic mass is 9.81. The quantitative estimate of drug-likeness (QED) is 0.164. The minimum absolute atomic E-state index is 0.0791. The second kappa shape index (κ2) is 14.0. The molecular weight excluding hydrogens is 498 g/mol. The van der Waals surface area contributed by atoms with Crippen LogP contribution in [0.25, 0.3) is 0 Å². The molecule has 0 aromatic heterocycles. The first-order valence-electron chi connectivity index (χ1n) is 13.8. The minimum Gasteiger partial charge on any atom is -0.491 e. The maximum Gasteiger partial charge on any atom is 0.119 e. The number of aliphatic hydroxyl groups excluding tert-OH is 1. The van der Waals surface area contributed by atoms with Crippen LogP contribution >= 0.6 is 0 Å². The second-order valence-electron chi connectivity index (χ2n) is 10.3. The van der Waals surface area contributed by atoms with Crippen molar-refractivity contribution in [2.75, 3.05) is 37.9 Å². The van der Waals surface area contributed by atoms with Crippen molar-refractivity contribution >= 4 is 11.4 Å². The monoisotopic (exact) mass is 539 g/mol. The number of anilines is 2. The van der Waals surface area contributed by atoms with E-state index in [2.05, 4.69) is 34.6 Å². The molecule has 0 fully saturated rings. The zero-order valence-electron chi connectivity index (χ0n) is 23.6. The van der Waals surface area contributed by atoms with E-state index in [9.17, 15) is 10.2 Å². The van der Waals surface area contributed by atoms with Gasteiger partial charge in [-0.2, -0.15) is 0 Å². The topological polar surface area (TPSA) is 77.0 Å². The molecule has 4 rings (SSSR count). The summed E-state index contributed by atoms with van der Waals surface area (Å²) in [6.07, 6.45) is -0.270. The number of nitrogens with zero attached hydrogens (tertiary/aromatic N) is 1. The second-order valence-corrected chi connectivity index (χ2v) is 10.3. The Labute approximate surface area is 238 Å². The summed E-state index contributed by atoms with van der Waals surface area (Å²) < 4.78 is 5.84. The standard InChI is InChI=1S/C34H41N3O3/c1-26(22-34(39,28-14-18-30(35-2)19-15-28)29-16-20-31(36-3)21-17-29)37(23-27-10-6-4-7-11-27)24-32(38)25-40-33-12-8-5-9-13-33/h4-21,26,32,35-36,38-39H,22-25H2,1-3H3/t26-,32-/m0/s1. The molecule has 0 saturated carbocycles. The van der Waals surface area contributed by atoms with E-state index in [1.165, 1.54) is 0 Å². The Morgan fingerprint density at radius 1 is 0.750 bits per heavy atom. The van der Waals surface area contributed by atoms with Crippen LogP contribution in [-0.4, -0.2) is 54.5 Å². The number of aliphatic hydroxyl groups is 2. The number of rotatable bonds is 14. The third kappa shape index (κ3) is 7.63. The predicted molar refractivity (Wildman–Crippen MR) is 164 cm³/mol. The van der Waals surface area contributed by atoms with Crippen LogP contribution in [-0.2, 0) is 12.1 Å². The van der Waals surface area contributed by atoms with Gasteiger partial charge in [0.05, 0.1) is 0 Å². The van der Waals surface area contributed by atoms with Gasteiger partial charge in [-0.05, 0) is 66.4 Å². The molecule has 4 aromatic carbocycles. The van der Waals surface area contributed by atoms with E-state index in [4.69, 9.17) is 4.74 Å². The van der Waals surface area contributed by atoms with Gasteiger partial charge in [0.2, 0.25) is 0 Å². The van der Waals surface area contributed by atoms with Gasteiger partial charge in [0, 0.05) is 44.6 Å². The van der Waals surface area contributed by atoms with Crippen molar-refractivity contribution in [2.45, 2.75) is 37.6 Å². The lowest BCUT2D eigenvalue weighted by Crippen LogP contribution is -2.44. The highest BCUT2D eigenvalue weighted by Crippen LogP contribution is 2.36. The number of ether oxygens (including phenoxy) is 1. The van der Waals surface area contributed by atoms with Crippen LogP contribution in [0.4, 0.5) is 11.4 Å². The van der Waals surface area contributed by atoms with Crippen molar-refractivity contribution in [3.05, 3.63) is 126 Å². The third-order valence-electron chi connectivity index (χ3n) is 7.38. The molecular formula is C34H41N3O3. The van der Waals surface area contributed by atoms with Crippen LogP contribution in [0.3, 0.4) is 0 Å². The molecule has 4 N–H and O–H groups in total. The predicted octanol–water partition coefficient (Wildman–Crippen LogP) is 5.73. The Kier molecular flexibility index (Phi) is 10.2. The van der Waals surface area contributed by atoms with E-state index in [1.54, 1.807) is 0 Å². The molecule has 0 saturated heterocycles. The molecule has 6 heteroatoms. The molecule has 0 aliphatic carbocycles. The highest BCUT2D eigenvalue weighted by atomic mass is 16.5. The van der Waals surface area contributed by atoms with Crippen molar-refractivity contribution in [3.63, 3.8) is 0 Å². The third-order valence-corrected chi connectivity index (χ3v) is 7.38. The van der Waals surface area contributed by atoms with Crippen LogP contribution in [0.1, 0.15) is 30.0 Å². The van der Waals surface area contributed by atoms with Crippen molar-refractivity contribution in [2.24, 2.45) is 0 Å². The molecule has 0 aliphatic heterocycles. The van der Waals surface area contributed by atoms with Gasteiger partial charge < -0.3 is 25.6 Å². The summed E-state index contributed by atoms with van der Waals surface area (Å²) >= 11 is 0. The van der Waals surface area contributed by atoms with E-state index in [0.717, 1.165) is 33.8 Å². The van der Waals surface area contributed by atoms with Gasteiger partial charge in [0.25, 0.3) is 0 Å². The number of para-hydroxylation sites is 1. The molecule has 210 valence electrons. The molecule has 40 heavy (non-hydrogen) atoms. The van der Waals surface area contributed by atoms with Crippen molar-refractivity contribution < 1.29 is 14.9 Å². The number of benzene rings is 4. The molecule has 4 aromatic rings. The first kappa shape index (κ1) is 29.2. The number of hydrogen-bond donors (Lipinski definition) is 4. The zero-order chi connectivity index (χ0) is 28.4. The van der Waals surface area contributed by atoms with Crippen molar-refractivity contribution in [1.82, 2.24) is 4.90 Å². The maximum atomic E-state index is 12.4. The minimum atomic E-state index is -1.24. The summed E-state index contributed by atoms with van der Waals surface area (Å²) in [7, 11) is 3.77. The van der Waals surface area contributed by atoms with Crippen LogP contribution in [0, 0.1) is 0 Å². The summed E-state index contributed by atoms with van der Waals surface area (Å²) in [6, 6.07) is 35.6. The van der Waals surface area contributed by atoms with Gasteiger partial charge >= 0.3 is 0 Å². The molecule has 0 aliphatic rings. The van der Waals surface area contributed by atoms with Gasteiger partial charge in [0.15, 0.2) is 0 Å². The highest BCUT2D eigenvalue weighted by Gasteiger charge is 2.35. The first-order chi connectivity index (χ1) is 19.4. The first-order valence-corrected chi connectivity index (χ1v) is 13.8. The van der Waals surface area contributed by atoms with E-state index in [1.807, 2.05) is 111 Å². The fourth-order valence-electron chi connectivity index (χ4n) is 5.04. The van der Waals surface area contributed by atoms with E-state index in [0.29, 0.717) is 19.5 Å². The van der Waals surface area contributed by atoms with E-state index in [-0.39, 0.29) is 12.6 Å². The van der Waals surface area contributed by atoms with Gasteiger partial charge in [-0.3, -0.25) is 4.90 Å². The van der Waals surface area contributed by atoms with Crippen LogP contribution in [0.15, 0.2) is 109 Å². The molecule has 6 nitrogen and oxygen atoms in total. The molecule has 0 unspecified atom stereocenters. The molecule has 0 spiro atoms. The normalized spacial score (nSPS) is 13.1. The summed E-state index contributed by atoms with van der Waals surface area (Å²) in [5.41, 5.74) is 3.52. The average Bonchev–Trinajstić information content (AvgIpc) is 3.00. The van der Waals surface area contributed by atoms with Gasteiger partial charge in [-0.15, -0.1) is 0 Å². The fourth-order valence-corrected chi connectivity index (χ4v) is 5.04. The Morgan fingerprint density at radius 2 is 1.25 bits per heavy atom. The summed E-state index contributed by atoms with van der Waals surface area (Å²) in [5.74, 6) is 0.730. The Balaban J connectivity index is 1.60. The van der Waals surface area contributed by atoms with E-state index < -0.39 is 11.7 Å². The highest BCUT2D eigenvalue weighted by molar-refractivity contribution is 5.50. The lowest BCUT2D eigenvalue weighted by Gasteiger charge is -2.38. The average molecular weight is 540 g/mol. The van der Waals surface area contributed by atoms with Gasteiger partial charge in [-0.1, -0.05) is 72.8 Å². The van der Waals surface area contributed by atoms with Gasteiger partial charge in [-0.25, -0.2) is 0 Å². The molecule has 0 bridgehead atoms. The van der Waals surface area contributed by atoms with Crippen LogP contribution in [0.5, 0.6) is 5.75 Å². The smallest absolute Gasteiger partial charge is 0.119 e. The Morgan fingerprint density at radius 3 is 1.75 bits per heavy atom. The molecule has 0 heterocycles. The van der Waals surface area contributed by atoms with Crippen LogP contribution in [0.2, 0.25) is 0 Å². The summed E-state index contributed by atoms with van der Waals surface area (Å²) in [6.45, 7) is 3.33. The molecule has 0 amide bonds. The number of nitrogens with one attached hydrogen (secondary N) is 2. The molecule has 2 atom stereocenters. The largest absolute Gasteiger partial charge is 0.491 e. The van der Waals surface area contributed by atoms with Crippen LogP contribution < -0.4 is 15.4 Å². The Bertz CT molecular complexity index is 1230. The molecule has 0 radical (unpaired) electrons.